The number of hydrogen-bond acceptors (Lipinski definition) is 4. The molecule has 5 heteroatoms. The van der Waals surface area contributed by atoms with Crippen LogP contribution in [0.25, 0.3) is 0 Å². The van der Waals surface area contributed by atoms with Gasteiger partial charge in [0.15, 0.2) is 0 Å². The minimum Gasteiger partial charge on any atom is -0.469 e. The van der Waals surface area contributed by atoms with Crippen molar-refractivity contribution in [3.05, 3.63) is 24.0 Å². The molecule has 0 heterocycles. The van der Waals surface area contributed by atoms with Crippen LogP contribution >= 0.6 is 11.8 Å². The molecule has 1 aromatic carbocycles. The molecule has 0 amide bonds. The zero-order chi connectivity index (χ0) is 13.1. The van der Waals surface area contributed by atoms with Crippen LogP contribution in [-0.2, 0) is 9.53 Å². The molecule has 17 heavy (non-hydrogen) atoms. The Labute approximate surface area is 105 Å². The van der Waals surface area contributed by atoms with Crippen molar-refractivity contribution in [2.75, 3.05) is 18.6 Å². The van der Waals surface area contributed by atoms with E-state index >= 15 is 0 Å². The maximum Gasteiger partial charge on any atom is 0.312 e. The Bertz CT molecular complexity index is 421. The summed E-state index contributed by atoms with van der Waals surface area (Å²) in [5.41, 5.74) is 5.20. The number of ether oxygens (including phenoxy) is 1. The number of thioether (sulfide) groups is 1. The highest BCUT2D eigenvalue weighted by Gasteiger charge is 2.29. The Morgan fingerprint density at radius 2 is 2.18 bits per heavy atom. The summed E-state index contributed by atoms with van der Waals surface area (Å²) in [6.45, 7) is 3.53. The number of nitrogen functional groups attached to an aromatic ring is 1. The summed E-state index contributed by atoms with van der Waals surface area (Å²) in [5.74, 6) is -0.225. The lowest BCUT2D eigenvalue weighted by Gasteiger charge is -2.20. The highest BCUT2D eigenvalue weighted by molar-refractivity contribution is 7.99. The van der Waals surface area contributed by atoms with Crippen molar-refractivity contribution in [3.63, 3.8) is 0 Å². The largest absolute Gasteiger partial charge is 0.469 e. The van der Waals surface area contributed by atoms with Crippen molar-refractivity contribution in [2.45, 2.75) is 18.7 Å². The number of rotatable bonds is 4. The molecule has 0 atom stereocenters. The lowest BCUT2D eigenvalue weighted by Crippen LogP contribution is -2.28. The number of halogens is 1. The molecule has 2 N–H and O–H groups in total. The molecule has 0 aromatic heterocycles. The maximum absolute atomic E-state index is 13.5. The van der Waals surface area contributed by atoms with E-state index < -0.39 is 5.41 Å². The van der Waals surface area contributed by atoms with Crippen molar-refractivity contribution in [1.29, 1.82) is 0 Å². The summed E-state index contributed by atoms with van der Waals surface area (Å²) in [7, 11) is 1.35. The van der Waals surface area contributed by atoms with Gasteiger partial charge in [0.1, 0.15) is 5.82 Å². The van der Waals surface area contributed by atoms with E-state index in [1.54, 1.807) is 26.0 Å². The van der Waals surface area contributed by atoms with E-state index in [2.05, 4.69) is 4.74 Å². The lowest BCUT2D eigenvalue weighted by atomic mass is 9.97. The Balaban J connectivity index is 2.70. The van der Waals surface area contributed by atoms with Crippen LogP contribution in [0.1, 0.15) is 13.8 Å². The Kier molecular flexibility index (Phi) is 4.40. The van der Waals surface area contributed by atoms with E-state index in [9.17, 15) is 9.18 Å². The number of methoxy groups -OCH3 is 1. The molecular formula is C12H16FNO2S. The molecule has 0 bridgehead atoms. The third-order valence-corrected chi connectivity index (χ3v) is 3.79. The van der Waals surface area contributed by atoms with E-state index in [1.165, 1.54) is 24.9 Å². The van der Waals surface area contributed by atoms with Crippen LogP contribution in [0.15, 0.2) is 23.1 Å². The number of anilines is 1. The minimum absolute atomic E-state index is 0.305. The van der Waals surface area contributed by atoms with Gasteiger partial charge in [-0.1, -0.05) is 0 Å². The number of esters is 1. The van der Waals surface area contributed by atoms with Crippen molar-refractivity contribution in [1.82, 2.24) is 0 Å². The summed E-state index contributed by atoms with van der Waals surface area (Å²) < 4.78 is 18.2. The standard InChI is InChI=1S/C12H16FNO2S/c1-12(2,11(15)16-3)7-17-10-5-4-8(14)6-9(10)13/h4-6H,7,14H2,1-3H3. The van der Waals surface area contributed by atoms with Crippen LogP contribution in [-0.4, -0.2) is 18.8 Å². The molecule has 0 unspecified atom stereocenters. The monoisotopic (exact) mass is 257 g/mol. The average molecular weight is 257 g/mol. The van der Waals surface area contributed by atoms with Gasteiger partial charge in [-0.05, 0) is 32.0 Å². The first-order chi connectivity index (χ1) is 7.86. The smallest absolute Gasteiger partial charge is 0.312 e. The van der Waals surface area contributed by atoms with Gasteiger partial charge >= 0.3 is 5.97 Å². The normalized spacial score (nSPS) is 11.3. The van der Waals surface area contributed by atoms with Crippen LogP contribution in [0, 0.1) is 11.2 Å². The molecule has 0 radical (unpaired) electrons. The van der Waals surface area contributed by atoms with Crippen molar-refractivity contribution < 1.29 is 13.9 Å². The van der Waals surface area contributed by atoms with Gasteiger partial charge in [-0.15, -0.1) is 11.8 Å². The number of carbonyl (C=O) groups excluding carboxylic acids is 1. The molecule has 0 saturated carbocycles. The van der Waals surface area contributed by atoms with E-state index in [4.69, 9.17) is 5.73 Å². The van der Waals surface area contributed by atoms with Gasteiger partial charge in [0.2, 0.25) is 0 Å². The molecule has 3 nitrogen and oxygen atoms in total. The highest BCUT2D eigenvalue weighted by Crippen LogP contribution is 2.30. The summed E-state index contributed by atoms with van der Waals surface area (Å²) in [4.78, 5) is 11.9. The zero-order valence-electron chi connectivity index (χ0n) is 10.1. The van der Waals surface area contributed by atoms with Gasteiger partial charge in [-0.2, -0.15) is 0 Å². The number of benzene rings is 1. The second-order valence-electron chi connectivity index (χ2n) is 4.35. The van der Waals surface area contributed by atoms with Crippen LogP contribution < -0.4 is 5.73 Å². The van der Waals surface area contributed by atoms with Crippen molar-refractivity contribution >= 4 is 23.4 Å². The molecule has 0 aliphatic rings. The quantitative estimate of drug-likeness (QED) is 0.512. The summed E-state index contributed by atoms with van der Waals surface area (Å²) in [5, 5.41) is 0. The highest BCUT2D eigenvalue weighted by atomic mass is 32.2. The molecular weight excluding hydrogens is 241 g/mol. The number of carbonyl (C=O) groups is 1. The minimum atomic E-state index is -0.646. The molecule has 0 aliphatic heterocycles. The summed E-state index contributed by atoms with van der Waals surface area (Å²) in [6.07, 6.45) is 0. The average Bonchev–Trinajstić information content (AvgIpc) is 2.26. The van der Waals surface area contributed by atoms with Crippen molar-refractivity contribution in [3.8, 4) is 0 Å². The Morgan fingerprint density at radius 3 is 2.71 bits per heavy atom. The van der Waals surface area contributed by atoms with E-state index in [-0.39, 0.29) is 11.8 Å². The van der Waals surface area contributed by atoms with Gasteiger partial charge in [-0.3, -0.25) is 4.79 Å². The third-order valence-electron chi connectivity index (χ3n) is 2.28. The van der Waals surface area contributed by atoms with Gasteiger partial charge in [0, 0.05) is 16.3 Å². The fraction of sp³-hybridized carbons (Fsp3) is 0.417. The lowest BCUT2D eigenvalue weighted by molar-refractivity contribution is -0.149. The van der Waals surface area contributed by atoms with E-state index in [1.807, 2.05) is 0 Å². The predicted molar refractivity (Wildman–Crippen MR) is 67.3 cm³/mol. The molecule has 0 spiro atoms. The van der Waals surface area contributed by atoms with Crippen molar-refractivity contribution in [2.24, 2.45) is 5.41 Å². The first-order valence-corrected chi connectivity index (χ1v) is 6.11. The van der Waals surface area contributed by atoms with E-state index in [0.29, 0.717) is 16.3 Å². The van der Waals surface area contributed by atoms with Gasteiger partial charge in [0.25, 0.3) is 0 Å². The predicted octanol–water partition coefficient (Wildman–Crippen LogP) is 2.70. The molecule has 0 aliphatic carbocycles. The molecule has 1 aromatic rings. The van der Waals surface area contributed by atoms with Gasteiger partial charge in [0.05, 0.1) is 12.5 Å². The second kappa shape index (κ2) is 5.40. The summed E-state index contributed by atoms with van der Waals surface area (Å²) in [6, 6.07) is 4.52. The molecule has 1 rings (SSSR count). The fourth-order valence-electron chi connectivity index (χ4n) is 1.23. The molecule has 94 valence electrons. The zero-order valence-corrected chi connectivity index (χ0v) is 10.9. The maximum atomic E-state index is 13.5. The Morgan fingerprint density at radius 1 is 1.53 bits per heavy atom. The summed E-state index contributed by atoms with van der Waals surface area (Å²) >= 11 is 1.27. The SMILES string of the molecule is COC(=O)C(C)(C)CSc1ccc(N)cc1F. The molecule has 0 saturated heterocycles. The Hall–Kier alpha value is -1.23. The van der Waals surface area contributed by atoms with E-state index in [0.717, 1.165) is 0 Å². The fourth-order valence-corrected chi connectivity index (χ4v) is 2.22. The van der Waals surface area contributed by atoms with Crippen LogP contribution in [0.4, 0.5) is 10.1 Å². The number of nitrogens with two attached hydrogens (primary N) is 1. The second-order valence-corrected chi connectivity index (χ2v) is 5.37. The third kappa shape index (κ3) is 3.63. The number of hydrogen-bond donors (Lipinski definition) is 1. The first kappa shape index (κ1) is 13.8. The molecule has 0 fully saturated rings. The van der Waals surface area contributed by atoms with Crippen LogP contribution in [0.2, 0.25) is 0 Å². The van der Waals surface area contributed by atoms with Gasteiger partial charge in [-0.25, -0.2) is 4.39 Å². The topological polar surface area (TPSA) is 52.3 Å². The van der Waals surface area contributed by atoms with Gasteiger partial charge < -0.3 is 10.5 Å². The first-order valence-electron chi connectivity index (χ1n) is 5.13. The van der Waals surface area contributed by atoms with Crippen LogP contribution in [0.5, 0.6) is 0 Å². The van der Waals surface area contributed by atoms with Crippen LogP contribution in [0.3, 0.4) is 0 Å².